The fourth-order valence-corrected chi connectivity index (χ4v) is 2.63. The van der Waals surface area contributed by atoms with E-state index in [1.165, 1.54) is 28.7 Å². The molecule has 104 valence electrons. The number of hydrogen-bond donors (Lipinski definition) is 0. The van der Waals surface area contributed by atoms with Crippen molar-refractivity contribution in [2.45, 2.75) is 46.3 Å². The van der Waals surface area contributed by atoms with Crippen molar-refractivity contribution in [2.75, 3.05) is 13.2 Å². The molecule has 19 heavy (non-hydrogen) atoms. The summed E-state index contributed by atoms with van der Waals surface area (Å²) in [6.07, 6.45) is 7.65. The third-order valence-corrected chi connectivity index (χ3v) is 3.54. The quantitative estimate of drug-likeness (QED) is 0.809. The van der Waals surface area contributed by atoms with E-state index in [4.69, 9.17) is 9.47 Å². The molecule has 0 saturated carbocycles. The maximum atomic E-state index is 5.70. The average Bonchev–Trinajstić information content (AvgIpc) is 2.38. The van der Waals surface area contributed by atoms with Gasteiger partial charge in [-0.15, -0.1) is 0 Å². The molecule has 0 aliphatic carbocycles. The highest BCUT2D eigenvalue weighted by atomic mass is 16.7. The Hall–Kier alpha value is -1.12. The van der Waals surface area contributed by atoms with Crippen molar-refractivity contribution in [1.82, 2.24) is 0 Å². The lowest BCUT2D eigenvalue weighted by Crippen LogP contribution is -2.22. The van der Waals surface area contributed by atoms with Crippen LogP contribution in [0.25, 0.3) is 6.08 Å². The van der Waals surface area contributed by atoms with E-state index in [9.17, 15) is 0 Å². The van der Waals surface area contributed by atoms with Crippen LogP contribution in [0.1, 0.15) is 41.5 Å². The molecule has 0 N–H and O–H groups in total. The molecule has 1 aromatic carbocycles. The first kappa shape index (κ1) is 14.3. The van der Waals surface area contributed by atoms with E-state index in [0.29, 0.717) is 6.61 Å². The number of ether oxygens (including phenoxy) is 2. The topological polar surface area (TPSA) is 18.5 Å². The van der Waals surface area contributed by atoms with E-state index in [1.54, 1.807) is 0 Å². The van der Waals surface area contributed by atoms with Gasteiger partial charge in [0.2, 0.25) is 0 Å². The third-order valence-electron chi connectivity index (χ3n) is 3.54. The fourth-order valence-electron chi connectivity index (χ4n) is 2.63. The van der Waals surface area contributed by atoms with Gasteiger partial charge in [-0.3, -0.25) is 0 Å². The SMILES string of the molecule is Cc1cc(C)c(/C=C/COC2CCCCO2)c(C)c1. The second-order valence-electron chi connectivity index (χ2n) is 5.34. The van der Waals surface area contributed by atoms with Crippen LogP contribution in [0.3, 0.4) is 0 Å². The van der Waals surface area contributed by atoms with Gasteiger partial charge in [-0.05, 0) is 56.7 Å². The Bertz CT molecular complexity index is 420. The molecule has 2 rings (SSSR count). The van der Waals surface area contributed by atoms with Gasteiger partial charge in [0.15, 0.2) is 6.29 Å². The average molecular weight is 260 g/mol. The Morgan fingerprint density at radius 2 is 1.95 bits per heavy atom. The predicted molar refractivity (Wildman–Crippen MR) is 79.2 cm³/mol. The summed E-state index contributed by atoms with van der Waals surface area (Å²) in [5.41, 5.74) is 5.27. The van der Waals surface area contributed by atoms with Crippen molar-refractivity contribution >= 4 is 6.08 Å². The van der Waals surface area contributed by atoms with Crippen LogP contribution in [0.2, 0.25) is 0 Å². The molecular weight excluding hydrogens is 236 g/mol. The zero-order chi connectivity index (χ0) is 13.7. The maximum absolute atomic E-state index is 5.70. The van der Waals surface area contributed by atoms with E-state index in [1.807, 2.05) is 0 Å². The minimum absolute atomic E-state index is 0.00129. The lowest BCUT2D eigenvalue weighted by molar-refractivity contribution is -0.155. The molecule has 1 fully saturated rings. The van der Waals surface area contributed by atoms with Gasteiger partial charge >= 0.3 is 0 Å². The van der Waals surface area contributed by atoms with E-state index >= 15 is 0 Å². The molecule has 0 radical (unpaired) electrons. The summed E-state index contributed by atoms with van der Waals surface area (Å²) in [7, 11) is 0. The van der Waals surface area contributed by atoms with Crippen molar-refractivity contribution in [3.8, 4) is 0 Å². The van der Waals surface area contributed by atoms with Crippen LogP contribution in [0, 0.1) is 20.8 Å². The van der Waals surface area contributed by atoms with Crippen LogP contribution in [0.5, 0.6) is 0 Å². The third kappa shape index (κ3) is 4.19. The number of hydrogen-bond acceptors (Lipinski definition) is 2. The number of benzene rings is 1. The van der Waals surface area contributed by atoms with Gasteiger partial charge in [-0.1, -0.05) is 29.8 Å². The van der Waals surface area contributed by atoms with Crippen LogP contribution in [0.4, 0.5) is 0 Å². The number of rotatable bonds is 4. The standard InChI is InChI=1S/C17H24O2/c1-13-11-14(2)16(15(3)12-13)7-6-10-19-17-8-4-5-9-18-17/h6-7,11-12,17H,4-5,8-10H2,1-3H3/b7-6+. The minimum Gasteiger partial charge on any atom is -0.353 e. The van der Waals surface area contributed by atoms with Crippen LogP contribution >= 0.6 is 0 Å². The molecule has 1 aliphatic rings. The highest BCUT2D eigenvalue weighted by Crippen LogP contribution is 2.18. The van der Waals surface area contributed by atoms with Crippen LogP contribution in [-0.4, -0.2) is 19.5 Å². The minimum atomic E-state index is -0.00129. The molecule has 0 aromatic heterocycles. The summed E-state index contributed by atoms with van der Waals surface area (Å²) < 4.78 is 11.2. The largest absolute Gasteiger partial charge is 0.353 e. The Morgan fingerprint density at radius 3 is 2.58 bits per heavy atom. The second kappa shape index (κ2) is 6.88. The zero-order valence-corrected chi connectivity index (χ0v) is 12.2. The molecule has 2 heteroatoms. The summed E-state index contributed by atoms with van der Waals surface area (Å²) >= 11 is 0. The molecule has 1 saturated heterocycles. The molecule has 1 unspecified atom stereocenters. The molecule has 0 bridgehead atoms. The highest BCUT2D eigenvalue weighted by Gasteiger charge is 2.12. The monoisotopic (exact) mass is 260 g/mol. The van der Waals surface area contributed by atoms with Gasteiger partial charge in [0.1, 0.15) is 0 Å². The van der Waals surface area contributed by atoms with Crippen LogP contribution < -0.4 is 0 Å². The van der Waals surface area contributed by atoms with Gasteiger partial charge in [-0.2, -0.15) is 0 Å². The Morgan fingerprint density at radius 1 is 1.21 bits per heavy atom. The molecule has 0 amide bonds. The van der Waals surface area contributed by atoms with Gasteiger partial charge in [0.05, 0.1) is 6.61 Å². The van der Waals surface area contributed by atoms with Crippen molar-refractivity contribution in [3.05, 3.63) is 40.5 Å². The molecule has 0 spiro atoms. The van der Waals surface area contributed by atoms with Crippen LogP contribution in [-0.2, 0) is 9.47 Å². The van der Waals surface area contributed by atoms with E-state index in [-0.39, 0.29) is 6.29 Å². The van der Waals surface area contributed by atoms with Crippen molar-refractivity contribution in [1.29, 1.82) is 0 Å². The van der Waals surface area contributed by atoms with Crippen molar-refractivity contribution in [3.63, 3.8) is 0 Å². The summed E-state index contributed by atoms with van der Waals surface area (Å²) in [6.45, 7) is 7.91. The van der Waals surface area contributed by atoms with E-state index < -0.39 is 0 Å². The van der Waals surface area contributed by atoms with Gasteiger partial charge < -0.3 is 9.47 Å². The van der Waals surface area contributed by atoms with E-state index in [2.05, 4.69) is 45.1 Å². The predicted octanol–water partition coefficient (Wildman–Crippen LogP) is 4.17. The van der Waals surface area contributed by atoms with E-state index in [0.717, 1.165) is 19.4 Å². The first-order valence-corrected chi connectivity index (χ1v) is 7.14. The fraction of sp³-hybridized carbons (Fsp3) is 0.529. The van der Waals surface area contributed by atoms with Crippen molar-refractivity contribution in [2.24, 2.45) is 0 Å². The number of aryl methyl sites for hydroxylation is 3. The smallest absolute Gasteiger partial charge is 0.157 e. The molecule has 1 atom stereocenters. The normalized spacial score (nSPS) is 20.1. The molecule has 1 heterocycles. The first-order chi connectivity index (χ1) is 9.16. The first-order valence-electron chi connectivity index (χ1n) is 7.14. The van der Waals surface area contributed by atoms with Crippen molar-refractivity contribution < 1.29 is 9.47 Å². The lowest BCUT2D eigenvalue weighted by atomic mass is 9.99. The molecular formula is C17H24O2. The summed E-state index contributed by atoms with van der Waals surface area (Å²) in [5.74, 6) is 0. The maximum Gasteiger partial charge on any atom is 0.157 e. The molecule has 1 aliphatic heterocycles. The Labute approximate surface area is 116 Å². The van der Waals surface area contributed by atoms with Gasteiger partial charge in [0, 0.05) is 6.61 Å². The van der Waals surface area contributed by atoms with Gasteiger partial charge in [0.25, 0.3) is 0 Å². The zero-order valence-electron chi connectivity index (χ0n) is 12.2. The van der Waals surface area contributed by atoms with Gasteiger partial charge in [-0.25, -0.2) is 0 Å². The summed E-state index contributed by atoms with van der Waals surface area (Å²) in [5, 5.41) is 0. The highest BCUT2D eigenvalue weighted by molar-refractivity contribution is 5.58. The second-order valence-corrected chi connectivity index (χ2v) is 5.34. The molecule has 2 nitrogen and oxygen atoms in total. The molecule has 1 aromatic rings. The summed E-state index contributed by atoms with van der Waals surface area (Å²) in [6, 6.07) is 4.44. The summed E-state index contributed by atoms with van der Waals surface area (Å²) in [4.78, 5) is 0. The Kier molecular flexibility index (Phi) is 5.17. The van der Waals surface area contributed by atoms with Crippen LogP contribution in [0.15, 0.2) is 18.2 Å². The lowest BCUT2D eigenvalue weighted by Gasteiger charge is -2.21. The Balaban J connectivity index is 1.88.